The molecule has 0 aromatic carbocycles. The Morgan fingerprint density at radius 2 is 1.88 bits per heavy atom. The fraction of sp³-hybridized carbons (Fsp3) is 1.00. The maximum Gasteiger partial charge on any atom is 0.254 e. The van der Waals surface area contributed by atoms with Crippen LogP contribution in [0.25, 0.3) is 0 Å². The number of hydrogen-bond acceptors (Lipinski definition) is 4. The Labute approximate surface area is 105 Å². The van der Waals surface area contributed by atoms with Gasteiger partial charge in [0.05, 0.1) is 6.61 Å². The van der Waals surface area contributed by atoms with Crippen LogP contribution in [0.1, 0.15) is 27.7 Å². The van der Waals surface area contributed by atoms with Crippen LogP contribution in [0.2, 0.25) is 0 Å². The molecule has 1 atom stereocenters. The Kier molecular flexibility index (Phi) is 8.84. The van der Waals surface area contributed by atoms with Crippen LogP contribution in [0.15, 0.2) is 0 Å². The van der Waals surface area contributed by atoms with E-state index in [4.69, 9.17) is 4.52 Å². The van der Waals surface area contributed by atoms with Gasteiger partial charge in [0.15, 0.2) is 0 Å². The fourth-order valence-corrected chi connectivity index (χ4v) is 4.16. The van der Waals surface area contributed by atoms with E-state index in [1.54, 1.807) is 6.66 Å². The molecule has 0 saturated carbocycles. The minimum atomic E-state index is -2.43. The van der Waals surface area contributed by atoms with E-state index in [0.29, 0.717) is 12.5 Å². The molecule has 0 aliphatic carbocycles. The quantitative estimate of drug-likeness (QED) is 0.597. The van der Waals surface area contributed by atoms with E-state index < -0.39 is 6.57 Å². The molecule has 98 valence electrons. The molecule has 16 heavy (non-hydrogen) atoms. The molecule has 0 N–H and O–H groups in total. The Hall–Kier alpha value is 0.500. The van der Waals surface area contributed by atoms with Crippen molar-refractivity contribution in [1.29, 1.82) is 0 Å². The lowest BCUT2D eigenvalue weighted by Crippen LogP contribution is -2.25. The van der Waals surface area contributed by atoms with Crippen LogP contribution in [-0.2, 0) is 9.09 Å². The monoisotopic (exact) mass is 267 g/mol. The Balaban J connectivity index is 3.77. The van der Waals surface area contributed by atoms with Crippen molar-refractivity contribution in [2.75, 3.05) is 38.7 Å². The lowest BCUT2D eigenvalue weighted by Gasteiger charge is -2.19. The highest BCUT2D eigenvalue weighted by Gasteiger charge is 2.17. The third kappa shape index (κ3) is 8.63. The number of hydrogen-bond donors (Lipinski definition) is 0. The van der Waals surface area contributed by atoms with Crippen LogP contribution in [0, 0.1) is 5.92 Å². The van der Waals surface area contributed by atoms with Crippen molar-refractivity contribution in [2.24, 2.45) is 5.92 Å². The smallest absolute Gasteiger partial charge is 0.254 e. The van der Waals surface area contributed by atoms with Gasteiger partial charge >= 0.3 is 0 Å². The molecule has 0 aliphatic heterocycles. The fourth-order valence-electron chi connectivity index (χ4n) is 1.20. The Bertz CT molecular complexity index is 220. The van der Waals surface area contributed by atoms with Crippen LogP contribution >= 0.6 is 18.0 Å². The largest absolute Gasteiger partial charge is 0.321 e. The van der Waals surface area contributed by atoms with E-state index in [-0.39, 0.29) is 0 Å². The highest BCUT2D eigenvalue weighted by atomic mass is 32.7. The van der Waals surface area contributed by atoms with Gasteiger partial charge < -0.3 is 9.42 Å². The van der Waals surface area contributed by atoms with E-state index in [2.05, 4.69) is 32.6 Å². The van der Waals surface area contributed by atoms with E-state index in [1.165, 1.54) is 11.4 Å². The van der Waals surface area contributed by atoms with Crippen molar-refractivity contribution in [3.8, 4) is 0 Å². The molecular formula is C11H26NO2PS. The summed E-state index contributed by atoms with van der Waals surface area (Å²) in [5.74, 6) is 1.32. The first-order chi connectivity index (χ1) is 7.41. The standard InChI is InChI=1S/C11H26NO2PS/c1-6-12(7-2)8-9-16-15(5,13)14-10-11(3)4/h11H,6-10H2,1-5H3/t15-/m1/s1. The summed E-state index contributed by atoms with van der Waals surface area (Å²) in [5.41, 5.74) is 0. The third-order valence-electron chi connectivity index (χ3n) is 2.27. The van der Waals surface area contributed by atoms with E-state index >= 15 is 0 Å². The van der Waals surface area contributed by atoms with Gasteiger partial charge in [-0.1, -0.05) is 39.1 Å². The van der Waals surface area contributed by atoms with E-state index in [9.17, 15) is 4.57 Å². The molecule has 5 heteroatoms. The maximum atomic E-state index is 12.0. The molecule has 0 rings (SSSR count). The normalized spacial score (nSPS) is 15.7. The highest BCUT2D eigenvalue weighted by molar-refractivity contribution is 8.56. The predicted molar refractivity (Wildman–Crippen MR) is 74.6 cm³/mol. The molecule has 0 aromatic heterocycles. The van der Waals surface area contributed by atoms with Gasteiger partial charge in [0.2, 0.25) is 0 Å². The Morgan fingerprint density at radius 3 is 2.31 bits per heavy atom. The van der Waals surface area contributed by atoms with Crippen molar-refractivity contribution in [1.82, 2.24) is 4.90 Å². The predicted octanol–water partition coefficient (Wildman–Crippen LogP) is 3.56. The summed E-state index contributed by atoms with van der Waals surface area (Å²) >= 11 is 1.47. The van der Waals surface area contributed by atoms with E-state index in [1.807, 2.05) is 0 Å². The lowest BCUT2D eigenvalue weighted by molar-refractivity contribution is 0.282. The molecule has 0 aliphatic rings. The minimum Gasteiger partial charge on any atom is -0.321 e. The van der Waals surface area contributed by atoms with Gasteiger partial charge in [0.25, 0.3) is 6.57 Å². The first-order valence-electron chi connectivity index (χ1n) is 6.00. The van der Waals surface area contributed by atoms with Crippen molar-refractivity contribution >= 4 is 18.0 Å². The molecule has 0 aromatic rings. The summed E-state index contributed by atoms with van der Waals surface area (Å²) in [5, 5.41) is 0. The molecule has 0 spiro atoms. The molecule has 0 heterocycles. The molecular weight excluding hydrogens is 241 g/mol. The second-order valence-corrected chi connectivity index (χ2v) is 9.55. The first-order valence-corrected chi connectivity index (χ1v) is 9.66. The van der Waals surface area contributed by atoms with Gasteiger partial charge in [-0.2, -0.15) is 0 Å². The topological polar surface area (TPSA) is 29.5 Å². The molecule has 0 fully saturated rings. The van der Waals surface area contributed by atoms with Crippen molar-refractivity contribution in [3.05, 3.63) is 0 Å². The van der Waals surface area contributed by atoms with Gasteiger partial charge in [-0.15, -0.1) is 0 Å². The van der Waals surface area contributed by atoms with E-state index in [0.717, 1.165) is 25.4 Å². The summed E-state index contributed by atoms with van der Waals surface area (Å²) in [6.07, 6.45) is 0. The van der Waals surface area contributed by atoms with Gasteiger partial charge in [0.1, 0.15) is 0 Å². The average molecular weight is 267 g/mol. The number of nitrogens with zero attached hydrogens (tertiary/aromatic N) is 1. The molecule has 0 bridgehead atoms. The van der Waals surface area contributed by atoms with Crippen molar-refractivity contribution < 1.29 is 9.09 Å². The van der Waals surface area contributed by atoms with Crippen LogP contribution in [0.5, 0.6) is 0 Å². The van der Waals surface area contributed by atoms with Crippen LogP contribution in [-0.4, -0.2) is 43.6 Å². The summed E-state index contributed by atoms with van der Waals surface area (Å²) < 4.78 is 17.4. The minimum absolute atomic E-state index is 0.441. The Morgan fingerprint density at radius 1 is 1.31 bits per heavy atom. The SMILES string of the molecule is CCN(CC)CCS[P@](C)(=O)OCC(C)C. The second kappa shape index (κ2) is 8.57. The maximum absolute atomic E-state index is 12.0. The summed E-state index contributed by atoms with van der Waals surface area (Å²) in [6.45, 7) is 11.4. The second-order valence-electron chi connectivity index (χ2n) is 4.32. The molecule has 0 saturated heterocycles. The van der Waals surface area contributed by atoms with Crippen LogP contribution < -0.4 is 0 Å². The number of rotatable bonds is 9. The average Bonchev–Trinajstić information content (AvgIpc) is 2.22. The zero-order valence-electron chi connectivity index (χ0n) is 11.2. The van der Waals surface area contributed by atoms with Gasteiger partial charge in [-0.25, -0.2) is 0 Å². The molecule has 3 nitrogen and oxygen atoms in total. The lowest BCUT2D eigenvalue weighted by atomic mass is 10.2. The van der Waals surface area contributed by atoms with Gasteiger partial charge in [0, 0.05) is 19.0 Å². The van der Waals surface area contributed by atoms with Crippen LogP contribution in [0.3, 0.4) is 0 Å². The molecule has 0 radical (unpaired) electrons. The van der Waals surface area contributed by atoms with Crippen molar-refractivity contribution in [2.45, 2.75) is 27.7 Å². The molecule has 0 amide bonds. The zero-order valence-corrected chi connectivity index (χ0v) is 12.9. The van der Waals surface area contributed by atoms with Crippen LogP contribution in [0.4, 0.5) is 0 Å². The first kappa shape index (κ1) is 16.5. The third-order valence-corrected chi connectivity index (χ3v) is 5.99. The summed E-state index contributed by atoms with van der Waals surface area (Å²) in [4.78, 5) is 2.33. The van der Waals surface area contributed by atoms with Gasteiger partial charge in [-0.3, -0.25) is 4.57 Å². The highest BCUT2D eigenvalue weighted by Crippen LogP contribution is 2.56. The molecule has 0 unspecified atom stereocenters. The van der Waals surface area contributed by atoms with Gasteiger partial charge in [-0.05, 0) is 19.0 Å². The summed E-state index contributed by atoms with van der Waals surface area (Å²) in [7, 11) is 0. The summed E-state index contributed by atoms with van der Waals surface area (Å²) in [6, 6.07) is 0. The van der Waals surface area contributed by atoms with Crippen molar-refractivity contribution in [3.63, 3.8) is 0 Å². The zero-order chi connectivity index (χ0) is 12.6.